The number of hydrogen-bond donors (Lipinski definition) is 0. The van der Waals surface area contributed by atoms with Crippen molar-refractivity contribution in [3.05, 3.63) is 70.6 Å². The van der Waals surface area contributed by atoms with E-state index in [1.165, 1.54) is 9.58 Å². The van der Waals surface area contributed by atoms with E-state index in [1.807, 2.05) is 25.3 Å². The fourth-order valence-corrected chi connectivity index (χ4v) is 4.10. The Kier molecular flexibility index (Phi) is 5.60. The maximum absolute atomic E-state index is 13.4. The van der Waals surface area contributed by atoms with Gasteiger partial charge in [0.25, 0.3) is 11.6 Å². The molecule has 0 spiro atoms. The summed E-state index contributed by atoms with van der Waals surface area (Å²) in [5.74, 6) is -1.41. The van der Waals surface area contributed by atoms with Gasteiger partial charge in [0, 0.05) is 28.3 Å². The number of imide groups is 1. The van der Waals surface area contributed by atoms with E-state index in [1.54, 1.807) is 55.8 Å². The average Bonchev–Trinajstić information content (AvgIpc) is 3.19. The van der Waals surface area contributed by atoms with Gasteiger partial charge in [0.15, 0.2) is 12.4 Å². The van der Waals surface area contributed by atoms with Crippen LogP contribution in [0.15, 0.2) is 48.8 Å². The van der Waals surface area contributed by atoms with Crippen molar-refractivity contribution >= 4 is 34.7 Å². The zero-order valence-electron chi connectivity index (χ0n) is 18.3. The molecule has 1 aliphatic rings. The molecule has 2 amide bonds. The van der Waals surface area contributed by atoms with Gasteiger partial charge < -0.3 is 5.11 Å². The first kappa shape index (κ1) is 21.8. The Morgan fingerprint density at radius 2 is 1.91 bits per heavy atom. The Hall–Kier alpha value is -3.45. The molecule has 0 fully saturated rings. The normalized spacial score (nSPS) is 14.2. The Morgan fingerprint density at radius 3 is 2.56 bits per heavy atom. The molecule has 0 N–H and O–H groups in total. The molecule has 0 unspecified atom stereocenters. The van der Waals surface area contributed by atoms with Crippen molar-refractivity contribution in [3.8, 4) is 11.6 Å². The molecule has 0 radical (unpaired) electrons. The number of nitrogens with zero attached hydrogens (tertiary/aromatic N) is 4. The molecule has 0 saturated carbocycles. The number of pyridine rings is 1. The summed E-state index contributed by atoms with van der Waals surface area (Å²) >= 11 is 6.09. The number of hydrogen-bond acceptors (Lipinski definition) is 4. The lowest BCUT2D eigenvalue weighted by molar-refractivity contribution is -0.577. The number of aromatic nitrogens is 3. The molecule has 3 aromatic rings. The third-order valence-electron chi connectivity index (χ3n) is 5.46. The summed E-state index contributed by atoms with van der Waals surface area (Å²) in [6.07, 6.45) is 4.29. The third-order valence-corrected chi connectivity index (χ3v) is 5.69. The number of amides is 2. The van der Waals surface area contributed by atoms with Crippen molar-refractivity contribution < 1.29 is 19.3 Å². The lowest BCUT2D eigenvalue weighted by Crippen LogP contribution is -2.42. The van der Waals surface area contributed by atoms with Gasteiger partial charge in [0.05, 0.1) is 11.4 Å². The topological polar surface area (TPSA) is 82.1 Å². The minimum atomic E-state index is -0.500. The Morgan fingerprint density at radius 1 is 1.16 bits per heavy atom. The Balaban J connectivity index is 1.99. The van der Waals surface area contributed by atoms with Crippen LogP contribution in [-0.2, 0) is 16.0 Å². The average molecular weight is 451 g/mol. The molecular weight excluding hydrogens is 428 g/mol. The molecule has 7 nitrogen and oxygen atoms in total. The molecule has 164 valence electrons. The van der Waals surface area contributed by atoms with Crippen molar-refractivity contribution in [2.24, 2.45) is 0 Å². The highest BCUT2D eigenvalue weighted by atomic mass is 35.5. The van der Waals surface area contributed by atoms with Crippen molar-refractivity contribution in [2.45, 2.75) is 40.2 Å². The van der Waals surface area contributed by atoms with Gasteiger partial charge in [-0.25, -0.2) is 4.68 Å². The van der Waals surface area contributed by atoms with Crippen LogP contribution in [0.3, 0.4) is 0 Å². The molecule has 8 heteroatoms. The van der Waals surface area contributed by atoms with Gasteiger partial charge in [0.1, 0.15) is 5.57 Å². The van der Waals surface area contributed by atoms with Gasteiger partial charge >= 0.3 is 5.91 Å². The Labute approximate surface area is 191 Å². The van der Waals surface area contributed by atoms with E-state index in [9.17, 15) is 14.7 Å². The van der Waals surface area contributed by atoms with Crippen molar-refractivity contribution in [1.29, 1.82) is 0 Å². The summed E-state index contributed by atoms with van der Waals surface area (Å²) in [4.78, 5) is 28.0. The monoisotopic (exact) mass is 450 g/mol. The largest absolute Gasteiger partial charge is 0.858 e. The van der Waals surface area contributed by atoms with Crippen molar-refractivity contribution in [3.63, 3.8) is 0 Å². The predicted molar refractivity (Wildman–Crippen MR) is 119 cm³/mol. The molecule has 0 atom stereocenters. The highest BCUT2D eigenvalue weighted by molar-refractivity contribution is 6.45. The first-order valence-electron chi connectivity index (χ1n) is 10.4. The highest BCUT2D eigenvalue weighted by Crippen LogP contribution is 2.37. The van der Waals surface area contributed by atoms with E-state index in [-0.39, 0.29) is 22.9 Å². The predicted octanol–water partition coefficient (Wildman–Crippen LogP) is 2.90. The molecule has 1 aromatic carbocycles. The summed E-state index contributed by atoms with van der Waals surface area (Å²) in [6.45, 7) is 7.20. The minimum Gasteiger partial charge on any atom is -0.858 e. The van der Waals surface area contributed by atoms with Crippen molar-refractivity contribution in [2.75, 3.05) is 0 Å². The maximum Gasteiger partial charge on any atom is 0.327 e. The zero-order chi connectivity index (χ0) is 23.2. The van der Waals surface area contributed by atoms with Crippen LogP contribution in [0.4, 0.5) is 0 Å². The summed E-state index contributed by atoms with van der Waals surface area (Å²) in [7, 11) is 0. The number of halogens is 1. The third kappa shape index (κ3) is 3.48. The van der Waals surface area contributed by atoms with Gasteiger partial charge in [-0.15, -0.1) is 0 Å². The first-order chi connectivity index (χ1) is 15.2. The number of benzene rings is 1. The fraction of sp³-hybridized carbons (Fsp3) is 0.250. The van der Waals surface area contributed by atoms with Crippen LogP contribution >= 0.6 is 11.6 Å². The SMILES string of the molecule is CCc1ccc[n+](C2=C(c3c(C)nn(-c4cccc(Cl)c4)c3[O-])C(=O)N(C(C)C)C2=O)c1. The van der Waals surface area contributed by atoms with Crippen LogP contribution in [0.2, 0.25) is 5.02 Å². The standard InChI is InChI=1S/C24H23ClN4O3/c1-5-16-8-7-11-27(13-16)21-20(22(30)28(14(2)3)24(21)32)19-15(4)26-29(23(19)31)18-10-6-9-17(25)12-18/h6-14H,5H2,1-4H3. The molecular formula is C24H23ClN4O3. The lowest BCUT2D eigenvalue weighted by atomic mass is 10.0. The first-order valence-corrected chi connectivity index (χ1v) is 10.8. The molecule has 2 aromatic heterocycles. The van der Waals surface area contributed by atoms with Gasteiger partial charge in [-0.2, -0.15) is 9.67 Å². The van der Waals surface area contributed by atoms with E-state index >= 15 is 0 Å². The smallest absolute Gasteiger partial charge is 0.327 e. The second kappa shape index (κ2) is 8.24. The van der Waals surface area contributed by atoms with Crippen LogP contribution < -0.4 is 9.67 Å². The molecule has 1 aliphatic heterocycles. The number of carbonyl (C=O) groups excluding carboxylic acids is 2. The van der Waals surface area contributed by atoms with Gasteiger partial charge in [0.2, 0.25) is 0 Å². The highest BCUT2D eigenvalue weighted by Gasteiger charge is 2.47. The molecule has 0 saturated heterocycles. The van der Waals surface area contributed by atoms with Crippen LogP contribution in [0.25, 0.3) is 17.0 Å². The second-order valence-electron chi connectivity index (χ2n) is 7.93. The minimum absolute atomic E-state index is 0.0673. The van der Waals surface area contributed by atoms with E-state index in [0.717, 1.165) is 12.0 Å². The molecule has 3 heterocycles. The molecule has 4 rings (SSSR count). The summed E-state index contributed by atoms with van der Waals surface area (Å²) < 4.78 is 2.84. The quantitative estimate of drug-likeness (QED) is 0.442. The van der Waals surface area contributed by atoms with E-state index in [2.05, 4.69) is 5.10 Å². The summed E-state index contributed by atoms with van der Waals surface area (Å²) in [5, 5.41) is 18.3. The van der Waals surface area contributed by atoms with E-state index in [0.29, 0.717) is 16.4 Å². The molecule has 0 aliphatic carbocycles. The maximum atomic E-state index is 13.4. The van der Waals surface area contributed by atoms with Crippen molar-refractivity contribution in [1.82, 2.24) is 14.7 Å². The second-order valence-corrected chi connectivity index (χ2v) is 8.36. The lowest BCUT2D eigenvalue weighted by Gasteiger charge is -2.18. The summed E-state index contributed by atoms with van der Waals surface area (Å²) in [5.41, 5.74) is 2.19. The number of rotatable bonds is 5. The van der Waals surface area contributed by atoms with Crippen LogP contribution in [0.5, 0.6) is 5.88 Å². The van der Waals surface area contributed by atoms with Gasteiger partial charge in [-0.3, -0.25) is 14.5 Å². The number of carbonyl (C=O) groups is 2. The van der Waals surface area contributed by atoms with E-state index in [4.69, 9.17) is 11.6 Å². The van der Waals surface area contributed by atoms with Crippen LogP contribution in [0, 0.1) is 6.92 Å². The van der Waals surface area contributed by atoms with Gasteiger partial charge in [-0.1, -0.05) is 24.6 Å². The summed E-state index contributed by atoms with van der Waals surface area (Å²) in [6, 6.07) is 10.1. The van der Waals surface area contributed by atoms with Crippen LogP contribution in [0.1, 0.15) is 37.6 Å². The molecule has 0 bridgehead atoms. The number of aryl methyl sites for hydroxylation is 2. The van der Waals surface area contributed by atoms with E-state index < -0.39 is 17.7 Å². The fourth-order valence-electron chi connectivity index (χ4n) is 3.92. The zero-order valence-corrected chi connectivity index (χ0v) is 19.1. The van der Waals surface area contributed by atoms with Crippen LogP contribution in [-0.4, -0.2) is 32.5 Å². The Bertz CT molecular complexity index is 1280. The van der Waals surface area contributed by atoms with Gasteiger partial charge in [-0.05, 0) is 57.3 Å². The molecule has 32 heavy (non-hydrogen) atoms.